The van der Waals surface area contributed by atoms with E-state index in [0.29, 0.717) is 55.8 Å². The minimum atomic E-state index is -0.770. The zero-order chi connectivity index (χ0) is 38.8. The molecule has 5 rings (SSSR count). The smallest absolute Gasteiger partial charge is 0.411 e. The molecule has 3 aliphatic rings. The Morgan fingerprint density at radius 2 is 1.63 bits per heavy atom. The van der Waals surface area contributed by atoms with Gasteiger partial charge in [0.05, 0.1) is 26.8 Å². The standard InChI is InChI=1S/C41H59N5O8/c1-6-53-36-24-35(52-5)13-12-34(36)27-46(40(51)54-41(2,3)4)28-37(47)45-16-8-11-33(26-45)31-9-7-10-32(23-31)39(50)44-21-19-43(20-22-44)25-30-14-17-42(18-15-30)29-38(48)49/h7,9-10,12-13,23-24,30,33H,6,8,11,14-22,25-29H2,1-5H3,(H,48,49). The first-order valence-electron chi connectivity index (χ1n) is 19.4. The average Bonchev–Trinajstić information content (AvgIpc) is 3.15. The molecule has 0 bridgehead atoms. The monoisotopic (exact) mass is 749 g/mol. The van der Waals surface area contributed by atoms with Crippen LogP contribution in [0.1, 0.15) is 80.8 Å². The first kappa shape index (κ1) is 40.8. The molecule has 13 heteroatoms. The van der Waals surface area contributed by atoms with Gasteiger partial charge in [-0.3, -0.25) is 29.1 Å². The van der Waals surface area contributed by atoms with Crippen LogP contribution in [0.15, 0.2) is 42.5 Å². The molecular weight excluding hydrogens is 690 g/mol. The second-order valence-electron chi connectivity index (χ2n) is 15.8. The Balaban J connectivity index is 1.17. The first-order chi connectivity index (χ1) is 25.8. The molecule has 0 saturated carbocycles. The number of nitrogens with zero attached hydrogens (tertiary/aromatic N) is 5. The molecule has 0 aliphatic carbocycles. The fourth-order valence-corrected chi connectivity index (χ4v) is 7.66. The van der Waals surface area contributed by atoms with E-state index in [4.69, 9.17) is 19.3 Å². The van der Waals surface area contributed by atoms with Gasteiger partial charge in [-0.25, -0.2) is 4.79 Å². The summed E-state index contributed by atoms with van der Waals surface area (Å²) in [5.41, 5.74) is 1.70. The lowest BCUT2D eigenvalue weighted by atomic mass is 9.89. The third-order valence-electron chi connectivity index (χ3n) is 10.5. The number of rotatable bonds is 13. The molecular formula is C41H59N5O8. The zero-order valence-electron chi connectivity index (χ0n) is 32.8. The van der Waals surface area contributed by atoms with Gasteiger partial charge in [0.25, 0.3) is 5.91 Å². The lowest BCUT2D eigenvalue weighted by Gasteiger charge is -2.38. The van der Waals surface area contributed by atoms with Crippen LogP contribution < -0.4 is 9.47 Å². The molecule has 3 amide bonds. The third kappa shape index (κ3) is 11.6. The van der Waals surface area contributed by atoms with Gasteiger partial charge >= 0.3 is 12.1 Å². The highest BCUT2D eigenvalue weighted by Gasteiger charge is 2.31. The lowest BCUT2D eigenvalue weighted by molar-refractivity contribution is -0.138. The van der Waals surface area contributed by atoms with Crippen molar-refractivity contribution in [3.05, 3.63) is 59.2 Å². The molecule has 1 N–H and O–H groups in total. The number of piperazine rings is 1. The molecule has 3 heterocycles. The van der Waals surface area contributed by atoms with Crippen LogP contribution in [0.4, 0.5) is 4.79 Å². The van der Waals surface area contributed by atoms with Crippen LogP contribution in [0.25, 0.3) is 0 Å². The van der Waals surface area contributed by atoms with Crippen molar-refractivity contribution in [3.63, 3.8) is 0 Å². The van der Waals surface area contributed by atoms with Crippen LogP contribution in [0, 0.1) is 5.92 Å². The van der Waals surface area contributed by atoms with Gasteiger partial charge in [-0.05, 0) is 102 Å². The van der Waals surface area contributed by atoms with Gasteiger partial charge < -0.3 is 29.1 Å². The number of carbonyl (C=O) groups is 4. The van der Waals surface area contributed by atoms with Gasteiger partial charge in [0.1, 0.15) is 23.6 Å². The Bertz CT molecular complexity index is 1600. The molecule has 0 aromatic heterocycles. The minimum Gasteiger partial charge on any atom is -0.497 e. The number of ether oxygens (including phenoxy) is 3. The van der Waals surface area contributed by atoms with Crippen LogP contribution in [0.2, 0.25) is 0 Å². The number of amides is 3. The fraction of sp³-hybridized carbons (Fsp3) is 0.610. The molecule has 0 radical (unpaired) electrons. The molecule has 3 aliphatic heterocycles. The van der Waals surface area contributed by atoms with Crippen LogP contribution in [0.3, 0.4) is 0 Å². The molecule has 3 saturated heterocycles. The van der Waals surface area contributed by atoms with E-state index < -0.39 is 17.7 Å². The van der Waals surface area contributed by atoms with Crippen LogP contribution >= 0.6 is 0 Å². The highest BCUT2D eigenvalue weighted by molar-refractivity contribution is 5.94. The van der Waals surface area contributed by atoms with Gasteiger partial charge in [0.2, 0.25) is 5.91 Å². The number of likely N-dealkylation sites (tertiary alicyclic amines) is 2. The van der Waals surface area contributed by atoms with Crippen molar-refractivity contribution >= 4 is 23.9 Å². The van der Waals surface area contributed by atoms with E-state index in [1.165, 1.54) is 4.90 Å². The Kier molecular flexibility index (Phi) is 14.2. The summed E-state index contributed by atoms with van der Waals surface area (Å²) in [6.07, 6.45) is 3.14. The summed E-state index contributed by atoms with van der Waals surface area (Å²) in [4.78, 5) is 61.7. The van der Waals surface area contributed by atoms with Crippen molar-refractivity contribution in [2.75, 3.05) is 85.7 Å². The molecule has 3 fully saturated rings. The van der Waals surface area contributed by atoms with E-state index in [9.17, 15) is 19.2 Å². The van der Waals surface area contributed by atoms with Gasteiger partial charge in [0, 0.05) is 68.9 Å². The van der Waals surface area contributed by atoms with Gasteiger partial charge in [-0.1, -0.05) is 12.1 Å². The highest BCUT2D eigenvalue weighted by Crippen LogP contribution is 2.30. The summed E-state index contributed by atoms with van der Waals surface area (Å²) < 4.78 is 17.0. The van der Waals surface area contributed by atoms with Crippen molar-refractivity contribution in [2.24, 2.45) is 5.92 Å². The minimum absolute atomic E-state index is 0.0279. The maximum Gasteiger partial charge on any atom is 0.411 e. The SMILES string of the molecule is CCOc1cc(OC)ccc1CN(CC(=O)N1CCCC(c2cccc(C(=O)N3CCN(CC4CCN(CC(=O)O)CC4)CC3)c2)C1)C(=O)OC(C)(C)C. The second kappa shape index (κ2) is 18.8. The maximum atomic E-state index is 13.9. The van der Waals surface area contributed by atoms with Crippen molar-refractivity contribution in [3.8, 4) is 11.5 Å². The van der Waals surface area contributed by atoms with Gasteiger partial charge in [-0.15, -0.1) is 0 Å². The van der Waals surface area contributed by atoms with E-state index in [1.54, 1.807) is 40.0 Å². The van der Waals surface area contributed by atoms with Crippen molar-refractivity contribution in [1.82, 2.24) is 24.5 Å². The molecule has 13 nitrogen and oxygen atoms in total. The van der Waals surface area contributed by atoms with E-state index in [-0.39, 0.29) is 37.4 Å². The predicted octanol–water partition coefficient (Wildman–Crippen LogP) is 4.79. The highest BCUT2D eigenvalue weighted by atomic mass is 16.6. The summed E-state index contributed by atoms with van der Waals surface area (Å²) in [6.45, 7) is 14.5. The zero-order valence-corrected chi connectivity index (χ0v) is 32.8. The summed E-state index contributed by atoms with van der Waals surface area (Å²) in [5.74, 6) is 0.934. The normalized spacial score (nSPS) is 18.9. The number of piperidine rings is 2. The number of carbonyl (C=O) groups excluding carboxylic acids is 3. The number of methoxy groups -OCH3 is 1. The van der Waals surface area contributed by atoms with Crippen LogP contribution in [0.5, 0.6) is 11.5 Å². The summed E-state index contributed by atoms with van der Waals surface area (Å²) in [6, 6.07) is 13.3. The summed E-state index contributed by atoms with van der Waals surface area (Å²) >= 11 is 0. The Labute approximate surface area is 320 Å². The molecule has 0 spiro atoms. The number of hydrogen-bond acceptors (Lipinski definition) is 9. The topological polar surface area (TPSA) is 132 Å². The molecule has 2 aromatic rings. The molecule has 1 unspecified atom stereocenters. The quantitative estimate of drug-likeness (QED) is 0.305. The number of hydrogen-bond donors (Lipinski definition) is 1. The van der Waals surface area contributed by atoms with Crippen molar-refractivity contribution < 1.29 is 38.5 Å². The largest absolute Gasteiger partial charge is 0.497 e. The fourth-order valence-electron chi connectivity index (χ4n) is 7.66. The molecule has 2 aromatic carbocycles. The second-order valence-corrected chi connectivity index (χ2v) is 15.8. The van der Waals surface area contributed by atoms with Crippen molar-refractivity contribution in [1.29, 1.82) is 0 Å². The summed E-state index contributed by atoms with van der Waals surface area (Å²) in [5, 5.41) is 9.08. The summed E-state index contributed by atoms with van der Waals surface area (Å²) in [7, 11) is 1.58. The molecule has 1 atom stereocenters. The Hall–Kier alpha value is -4.36. The average molecular weight is 750 g/mol. The van der Waals surface area contributed by atoms with Crippen LogP contribution in [-0.4, -0.2) is 145 Å². The first-order valence-corrected chi connectivity index (χ1v) is 19.4. The van der Waals surface area contributed by atoms with Crippen molar-refractivity contribution in [2.45, 2.75) is 71.4 Å². The number of aliphatic carboxylic acids is 1. The molecule has 296 valence electrons. The molecule has 54 heavy (non-hydrogen) atoms. The van der Waals surface area contributed by atoms with Crippen LogP contribution in [-0.2, 0) is 20.9 Å². The lowest BCUT2D eigenvalue weighted by Crippen LogP contribution is -2.50. The number of benzene rings is 2. The predicted molar refractivity (Wildman–Crippen MR) is 205 cm³/mol. The maximum absolute atomic E-state index is 13.9. The van der Waals surface area contributed by atoms with E-state index in [1.807, 2.05) is 52.0 Å². The van der Waals surface area contributed by atoms with E-state index in [2.05, 4.69) is 4.90 Å². The Morgan fingerprint density at radius 3 is 2.30 bits per heavy atom. The number of carboxylic acids is 1. The van der Waals surface area contributed by atoms with E-state index >= 15 is 0 Å². The number of carboxylic acid groups (broad SMARTS) is 1. The Morgan fingerprint density at radius 1 is 0.889 bits per heavy atom. The third-order valence-corrected chi connectivity index (χ3v) is 10.5. The van der Waals surface area contributed by atoms with E-state index in [0.717, 1.165) is 69.5 Å². The van der Waals surface area contributed by atoms with Gasteiger partial charge in [0.15, 0.2) is 0 Å². The van der Waals surface area contributed by atoms with Gasteiger partial charge in [-0.2, -0.15) is 0 Å².